The van der Waals surface area contributed by atoms with Gasteiger partial charge in [0.25, 0.3) is 0 Å². The Kier molecular flexibility index (Phi) is 5.52. The normalized spacial score (nSPS) is 20.6. The van der Waals surface area contributed by atoms with Gasteiger partial charge in [-0.3, -0.25) is 4.57 Å². The lowest BCUT2D eigenvalue weighted by Crippen LogP contribution is -2.47. The number of nitrogens with zero attached hydrogens (tertiary/aromatic N) is 2. The minimum atomic E-state index is -0.841. The highest BCUT2D eigenvalue weighted by Crippen LogP contribution is 2.48. The van der Waals surface area contributed by atoms with Crippen LogP contribution >= 0.6 is 11.6 Å². The number of ether oxygens (including phenoxy) is 1. The van der Waals surface area contributed by atoms with Gasteiger partial charge in [-0.25, -0.2) is 18.8 Å². The second-order valence-electron chi connectivity index (χ2n) is 8.38. The number of nitrogens with one attached hydrogen (secondary N) is 2. The predicted octanol–water partition coefficient (Wildman–Crippen LogP) is 4.14. The maximum absolute atomic E-state index is 14.0. The molecule has 11 heteroatoms. The smallest absolute Gasteiger partial charge is 0.407 e. The summed E-state index contributed by atoms with van der Waals surface area (Å²) in [6.45, 7) is 0.143. The molecule has 4 N–H and O–H groups in total. The molecule has 2 heterocycles. The van der Waals surface area contributed by atoms with Crippen molar-refractivity contribution in [3.8, 4) is 5.75 Å². The van der Waals surface area contributed by atoms with Gasteiger partial charge in [0.1, 0.15) is 0 Å². The zero-order valence-corrected chi connectivity index (χ0v) is 18.6. The van der Waals surface area contributed by atoms with Crippen LogP contribution in [0.2, 0.25) is 5.02 Å². The van der Waals surface area contributed by atoms with E-state index >= 15 is 0 Å². The number of amides is 4. The van der Waals surface area contributed by atoms with Gasteiger partial charge in [0.15, 0.2) is 11.6 Å². The molecule has 2 fully saturated rings. The van der Waals surface area contributed by atoms with Crippen LogP contribution in [0.1, 0.15) is 12.8 Å². The van der Waals surface area contributed by atoms with Crippen LogP contribution in [0.5, 0.6) is 5.75 Å². The number of piperidine rings is 1. The molecule has 2 aliphatic rings. The highest BCUT2D eigenvalue weighted by Gasteiger charge is 2.54. The number of para-hydroxylation sites is 1. The Morgan fingerprint density at radius 1 is 1.15 bits per heavy atom. The fourth-order valence-electron chi connectivity index (χ4n) is 4.60. The first kappa shape index (κ1) is 22.0. The molecule has 1 unspecified atom stereocenters. The first-order chi connectivity index (χ1) is 16.3. The van der Waals surface area contributed by atoms with E-state index in [0.29, 0.717) is 22.5 Å². The number of halogens is 2. The fourth-order valence-corrected chi connectivity index (χ4v) is 4.76. The van der Waals surface area contributed by atoms with Crippen molar-refractivity contribution in [3.63, 3.8) is 0 Å². The lowest BCUT2D eigenvalue weighted by molar-refractivity contribution is 0.181. The Labute approximate surface area is 198 Å². The molecule has 0 bridgehead atoms. The number of carbonyl (C=O) groups is 3. The summed E-state index contributed by atoms with van der Waals surface area (Å²) in [4.78, 5) is 38.9. The highest BCUT2D eigenvalue weighted by molar-refractivity contribution is 6.30. The molecule has 0 spiro atoms. The second kappa shape index (κ2) is 8.53. The van der Waals surface area contributed by atoms with Crippen molar-refractivity contribution in [2.45, 2.75) is 24.9 Å². The highest BCUT2D eigenvalue weighted by atomic mass is 35.5. The van der Waals surface area contributed by atoms with Crippen molar-refractivity contribution in [1.82, 2.24) is 14.8 Å². The molecule has 3 atom stereocenters. The number of likely N-dealkylation sites (tertiary alicyclic amines) is 1. The number of primary amides is 1. The summed E-state index contributed by atoms with van der Waals surface area (Å²) in [6.07, 6.45) is 2.28. The summed E-state index contributed by atoms with van der Waals surface area (Å²) >= 11 is 5.71. The molecule has 9 nitrogen and oxygen atoms in total. The van der Waals surface area contributed by atoms with Crippen LogP contribution < -0.4 is 21.1 Å². The SMILES string of the molecule is NC(=O)n1cc(NC(=O)N2C3C[C@@H]3C[C@H]2CNC(=O)Oc2cccc(Cl)c2F)c2ccccc21. The summed E-state index contributed by atoms with van der Waals surface area (Å²) in [7, 11) is 0. The molecule has 176 valence electrons. The number of hydrogen-bond donors (Lipinski definition) is 3. The van der Waals surface area contributed by atoms with E-state index in [9.17, 15) is 18.8 Å². The molecule has 5 rings (SSSR count). The minimum absolute atomic E-state index is 0.0812. The molecular weight excluding hydrogens is 465 g/mol. The predicted molar refractivity (Wildman–Crippen MR) is 124 cm³/mol. The Bertz CT molecular complexity index is 1310. The molecular formula is C23H21ClFN5O4. The maximum Gasteiger partial charge on any atom is 0.412 e. The van der Waals surface area contributed by atoms with Gasteiger partial charge in [-0.15, -0.1) is 0 Å². The summed E-state index contributed by atoms with van der Waals surface area (Å²) < 4.78 is 20.3. The van der Waals surface area contributed by atoms with Crippen LogP contribution in [-0.2, 0) is 0 Å². The van der Waals surface area contributed by atoms with E-state index in [0.717, 1.165) is 12.8 Å². The van der Waals surface area contributed by atoms with E-state index in [1.54, 1.807) is 29.2 Å². The van der Waals surface area contributed by atoms with E-state index in [1.807, 2.05) is 0 Å². The van der Waals surface area contributed by atoms with Crippen molar-refractivity contribution in [2.75, 3.05) is 11.9 Å². The molecule has 1 aromatic heterocycles. The Hall–Kier alpha value is -3.79. The van der Waals surface area contributed by atoms with Gasteiger partial charge in [0.2, 0.25) is 0 Å². The number of nitrogens with two attached hydrogens (primary N) is 1. The number of urea groups is 1. The van der Waals surface area contributed by atoms with Gasteiger partial charge in [-0.2, -0.15) is 0 Å². The third kappa shape index (κ3) is 4.01. The molecule has 1 aliphatic heterocycles. The van der Waals surface area contributed by atoms with Crippen molar-refractivity contribution in [1.29, 1.82) is 0 Å². The molecule has 34 heavy (non-hydrogen) atoms. The maximum atomic E-state index is 14.0. The molecule has 0 radical (unpaired) electrons. The zero-order valence-electron chi connectivity index (χ0n) is 17.8. The number of rotatable bonds is 4. The first-order valence-electron chi connectivity index (χ1n) is 10.7. The van der Waals surface area contributed by atoms with Gasteiger partial charge in [-0.05, 0) is 37.0 Å². The van der Waals surface area contributed by atoms with Crippen LogP contribution in [0.15, 0.2) is 48.7 Å². The number of anilines is 1. The van der Waals surface area contributed by atoms with Crippen LogP contribution in [-0.4, -0.2) is 46.3 Å². The van der Waals surface area contributed by atoms with Crippen LogP contribution in [0.25, 0.3) is 10.9 Å². The molecule has 1 saturated heterocycles. The number of aromatic nitrogens is 1. The summed E-state index contributed by atoms with van der Waals surface area (Å²) in [5.74, 6) is -0.733. The fraction of sp³-hybridized carbons (Fsp3) is 0.261. The summed E-state index contributed by atoms with van der Waals surface area (Å²) in [5.41, 5.74) is 6.51. The van der Waals surface area contributed by atoms with Gasteiger partial charge < -0.3 is 26.0 Å². The van der Waals surface area contributed by atoms with Crippen molar-refractivity contribution in [2.24, 2.45) is 11.7 Å². The number of hydrogen-bond acceptors (Lipinski definition) is 4. The summed E-state index contributed by atoms with van der Waals surface area (Å²) in [6, 6.07) is 10.1. The van der Waals surface area contributed by atoms with Gasteiger partial charge in [0, 0.05) is 24.2 Å². The third-order valence-electron chi connectivity index (χ3n) is 6.24. The van der Waals surface area contributed by atoms with E-state index in [4.69, 9.17) is 22.1 Å². The molecule has 1 aliphatic carbocycles. The average Bonchev–Trinajstić information content (AvgIpc) is 3.31. The Balaban J connectivity index is 1.26. The summed E-state index contributed by atoms with van der Waals surface area (Å²) in [5, 5.41) is 6.01. The monoisotopic (exact) mass is 485 g/mol. The molecule has 2 aromatic carbocycles. The molecule has 1 saturated carbocycles. The van der Waals surface area contributed by atoms with Crippen LogP contribution in [0.3, 0.4) is 0 Å². The minimum Gasteiger partial charge on any atom is -0.407 e. The van der Waals surface area contributed by atoms with Crippen molar-refractivity contribution in [3.05, 3.63) is 59.5 Å². The number of fused-ring (bicyclic) bond motifs is 2. The Morgan fingerprint density at radius 3 is 2.74 bits per heavy atom. The number of carbonyl (C=O) groups excluding carboxylic acids is 3. The van der Waals surface area contributed by atoms with Crippen molar-refractivity contribution < 1.29 is 23.5 Å². The lowest BCUT2D eigenvalue weighted by Gasteiger charge is -2.27. The third-order valence-corrected chi connectivity index (χ3v) is 6.53. The van der Waals surface area contributed by atoms with E-state index in [-0.39, 0.29) is 35.4 Å². The van der Waals surface area contributed by atoms with Gasteiger partial charge in [-0.1, -0.05) is 35.9 Å². The average molecular weight is 486 g/mol. The van der Waals surface area contributed by atoms with Gasteiger partial charge >= 0.3 is 18.2 Å². The lowest BCUT2D eigenvalue weighted by atomic mass is 10.1. The van der Waals surface area contributed by atoms with Crippen LogP contribution in [0, 0.1) is 11.7 Å². The quantitative estimate of drug-likeness (QED) is 0.514. The Morgan fingerprint density at radius 2 is 1.94 bits per heavy atom. The standard InChI is InChI=1S/C23H21ClFN5O4/c24-15-5-3-7-19(20(15)25)34-23(33)27-10-13-8-12-9-18(12)30(13)22(32)28-16-11-29(21(26)31)17-6-2-1-4-14(16)17/h1-7,11-13,18H,8-10H2,(H2,26,31)(H,27,33)(H,28,32)/t12-,13-,18?/m0/s1. The number of benzene rings is 2. The first-order valence-corrected chi connectivity index (χ1v) is 11.1. The van der Waals surface area contributed by atoms with Gasteiger partial charge in [0.05, 0.1) is 22.3 Å². The van der Waals surface area contributed by atoms with E-state index in [2.05, 4.69) is 10.6 Å². The molecule has 3 aromatic rings. The zero-order chi connectivity index (χ0) is 24.0. The van der Waals surface area contributed by atoms with E-state index in [1.165, 1.54) is 29.0 Å². The topological polar surface area (TPSA) is 119 Å². The largest absolute Gasteiger partial charge is 0.412 e. The van der Waals surface area contributed by atoms with Crippen LogP contribution in [0.4, 0.5) is 24.5 Å². The second-order valence-corrected chi connectivity index (χ2v) is 8.79. The van der Waals surface area contributed by atoms with Crippen molar-refractivity contribution >= 4 is 46.3 Å². The molecule has 4 amide bonds. The van der Waals surface area contributed by atoms with E-state index < -0.39 is 17.9 Å².